The minimum atomic E-state index is 0.127. The molecule has 2 fully saturated rings. The fourth-order valence-electron chi connectivity index (χ4n) is 3.50. The summed E-state index contributed by atoms with van der Waals surface area (Å²) in [5, 5.41) is 9.59. The van der Waals surface area contributed by atoms with Crippen LogP contribution >= 0.6 is 11.3 Å². The van der Waals surface area contributed by atoms with E-state index in [-0.39, 0.29) is 11.8 Å². The van der Waals surface area contributed by atoms with E-state index in [4.69, 9.17) is 4.74 Å². The molecular formula is C18H24N4O2S. The molecule has 4 rings (SSSR count). The van der Waals surface area contributed by atoms with Crippen LogP contribution in [0.4, 0.5) is 5.69 Å². The Hall–Kier alpha value is -1.70. The number of carbonyl (C=O) groups excluding carboxylic acids is 1. The van der Waals surface area contributed by atoms with Crippen LogP contribution in [0.1, 0.15) is 30.2 Å². The normalized spacial score (nSPS) is 23.9. The van der Waals surface area contributed by atoms with Crippen LogP contribution in [-0.2, 0) is 16.1 Å². The van der Waals surface area contributed by atoms with Gasteiger partial charge in [-0.25, -0.2) is 0 Å². The van der Waals surface area contributed by atoms with Gasteiger partial charge in [0.15, 0.2) is 0 Å². The summed E-state index contributed by atoms with van der Waals surface area (Å²) in [6, 6.07) is 4.99. The molecule has 2 aliphatic rings. The second-order valence-electron chi connectivity index (χ2n) is 6.98. The average molecular weight is 360 g/mol. The second-order valence-corrected chi connectivity index (χ2v) is 8.01. The summed E-state index contributed by atoms with van der Waals surface area (Å²) in [7, 11) is 1.76. The van der Waals surface area contributed by atoms with Gasteiger partial charge in [-0.2, -0.15) is 5.10 Å². The van der Waals surface area contributed by atoms with Gasteiger partial charge in [0.05, 0.1) is 24.5 Å². The van der Waals surface area contributed by atoms with Gasteiger partial charge < -0.3 is 10.1 Å². The fraction of sp³-hybridized carbons (Fsp3) is 0.556. The Morgan fingerprint density at radius 1 is 1.48 bits per heavy atom. The molecular weight excluding hydrogens is 336 g/mol. The van der Waals surface area contributed by atoms with Gasteiger partial charge >= 0.3 is 0 Å². The molecule has 1 aliphatic heterocycles. The standard InChI is InChI=1S/C18H24N4O2S/c1-24-12-16-7-15(10-21(16)11-17-3-2-6-25-17)22-9-14(8-19-22)20-18(23)13-4-5-13/h2-3,6,8-9,13,15-16H,4-5,7,10-12H2,1H3,(H,20,23)/t15-,16-/m0/s1. The molecule has 25 heavy (non-hydrogen) atoms. The van der Waals surface area contributed by atoms with Crippen molar-refractivity contribution in [2.75, 3.05) is 25.6 Å². The Kier molecular flexibility index (Phi) is 4.87. The molecule has 0 aromatic carbocycles. The summed E-state index contributed by atoms with van der Waals surface area (Å²) >= 11 is 1.79. The minimum absolute atomic E-state index is 0.127. The number of aromatic nitrogens is 2. The lowest BCUT2D eigenvalue weighted by Gasteiger charge is -2.22. The maximum Gasteiger partial charge on any atom is 0.227 e. The highest BCUT2D eigenvalue weighted by Gasteiger charge is 2.34. The number of ether oxygens (including phenoxy) is 1. The number of rotatable bonds is 7. The summed E-state index contributed by atoms with van der Waals surface area (Å²) < 4.78 is 7.43. The van der Waals surface area contributed by atoms with E-state index in [0.29, 0.717) is 12.1 Å². The highest BCUT2D eigenvalue weighted by Crippen LogP contribution is 2.32. The summed E-state index contributed by atoms with van der Waals surface area (Å²) in [4.78, 5) is 15.8. The Balaban J connectivity index is 1.41. The zero-order chi connectivity index (χ0) is 17.2. The lowest BCUT2D eigenvalue weighted by molar-refractivity contribution is -0.117. The number of anilines is 1. The van der Waals surface area contributed by atoms with Crippen LogP contribution in [0.25, 0.3) is 0 Å². The highest BCUT2D eigenvalue weighted by molar-refractivity contribution is 7.09. The SMILES string of the molecule is COC[C@@H]1C[C@H](n2cc(NC(=O)C3CC3)cn2)CN1Cc1cccs1. The quantitative estimate of drug-likeness (QED) is 0.825. The summed E-state index contributed by atoms with van der Waals surface area (Å²) in [5.74, 6) is 0.338. The number of thiophene rings is 1. The van der Waals surface area contributed by atoms with E-state index in [0.717, 1.165) is 44.6 Å². The van der Waals surface area contributed by atoms with Gasteiger partial charge in [-0.1, -0.05) is 6.07 Å². The van der Waals surface area contributed by atoms with Gasteiger partial charge in [0.2, 0.25) is 5.91 Å². The predicted molar refractivity (Wildman–Crippen MR) is 97.6 cm³/mol. The van der Waals surface area contributed by atoms with Crippen LogP contribution in [0, 0.1) is 5.92 Å². The number of hydrogen-bond acceptors (Lipinski definition) is 5. The van der Waals surface area contributed by atoms with Crippen molar-refractivity contribution in [3.05, 3.63) is 34.8 Å². The van der Waals surface area contributed by atoms with Crippen molar-refractivity contribution in [2.24, 2.45) is 5.92 Å². The largest absolute Gasteiger partial charge is 0.383 e. The number of amides is 1. The van der Waals surface area contributed by atoms with Crippen molar-refractivity contribution in [3.63, 3.8) is 0 Å². The van der Waals surface area contributed by atoms with E-state index < -0.39 is 0 Å². The van der Waals surface area contributed by atoms with Gasteiger partial charge in [0, 0.05) is 43.2 Å². The molecule has 1 saturated carbocycles. The van der Waals surface area contributed by atoms with Crippen LogP contribution in [0.15, 0.2) is 29.9 Å². The first-order valence-corrected chi connectivity index (χ1v) is 9.71. The van der Waals surface area contributed by atoms with Gasteiger partial charge in [-0.3, -0.25) is 14.4 Å². The van der Waals surface area contributed by atoms with Crippen LogP contribution in [0.5, 0.6) is 0 Å². The number of nitrogens with zero attached hydrogens (tertiary/aromatic N) is 3. The molecule has 3 heterocycles. The molecule has 1 amide bonds. The van der Waals surface area contributed by atoms with Gasteiger partial charge in [0.1, 0.15) is 0 Å². The molecule has 2 atom stereocenters. The molecule has 2 aromatic heterocycles. The van der Waals surface area contributed by atoms with Crippen LogP contribution < -0.4 is 5.32 Å². The molecule has 1 aliphatic carbocycles. The van der Waals surface area contributed by atoms with Gasteiger partial charge in [-0.05, 0) is 30.7 Å². The van der Waals surface area contributed by atoms with Crippen molar-refractivity contribution < 1.29 is 9.53 Å². The van der Waals surface area contributed by atoms with Crippen molar-refractivity contribution in [2.45, 2.75) is 37.9 Å². The van der Waals surface area contributed by atoms with E-state index in [9.17, 15) is 4.79 Å². The maximum absolute atomic E-state index is 11.9. The number of carbonyl (C=O) groups is 1. The smallest absolute Gasteiger partial charge is 0.227 e. The molecule has 0 spiro atoms. The first kappa shape index (κ1) is 16.8. The van der Waals surface area contributed by atoms with Crippen molar-refractivity contribution >= 4 is 22.9 Å². The Morgan fingerprint density at radius 2 is 2.36 bits per heavy atom. The Morgan fingerprint density at radius 3 is 3.08 bits per heavy atom. The molecule has 0 radical (unpaired) electrons. The maximum atomic E-state index is 11.9. The molecule has 1 saturated heterocycles. The van der Waals surface area contributed by atoms with Crippen LogP contribution in [0.3, 0.4) is 0 Å². The Labute approximate surface area is 151 Å². The zero-order valence-corrected chi connectivity index (χ0v) is 15.2. The molecule has 134 valence electrons. The number of hydrogen-bond donors (Lipinski definition) is 1. The molecule has 7 heteroatoms. The third-order valence-corrected chi connectivity index (χ3v) is 5.86. The summed E-state index contributed by atoms with van der Waals surface area (Å²) in [6.07, 6.45) is 6.76. The van der Waals surface area contributed by atoms with Crippen LogP contribution in [-0.4, -0.2) is 46.9 Å². The van der Waals surface area contributed by atoms with Gasteiger partial charge in [-0.15, -0.1) is 11.3 Å². The molecule has 0 unspecified atom stereocenters. The van der Waals surface area contributed by atoms with Crippen molar-refractivity contribution in [1.82, 2.24) is 14.7 Å². The fourth-order valence-corrected chi connectivity index (χ4v) is 4.23. The lowest BCUT2D eigenvalue weighted by Crippen LogP contribution is -2.32. The average Bonchev–Trinajstić information content (AvgIpc) is 2.96. The van der Waals surface area contributed by atoms with Crippen LogP contribution in [0.2, 0.25) is 0 Å². The number of methoxy groups -OCH3 is 1. The van der Waals surface area contributed by atoms with Crippen molar-refractivity contribution in [3.8, 4) is 0 Å². The zero-order valence-electron chi connectivity index (χ0n) is 14.4. The second kappa shape index (κ2) is 7.27. The molecule has 1 N–H and O–H groups in total. The summed E-state index contributed by atoms with van der Waals surface area (Å²) in [5.41, 5.74) is 0.803. The summed E-state index contributed by atoms with van der Waals surface area (Å²) in [6.45, 7) is 2.63. The third-order valence-electron chi connectivity index (χ3n) is 5.00. The van der Waals surface area contributed by atoms with E-state index in [1.54, 1.807) is 24.6 Å². The van der Waals surface area contributed by atoms with E-state index in [2.05, 4.69) is 32.8 Å². The number of likely N-dealkylation sites (tertiary alicyclic amines) is 1. The van der Waals surface area contributed by atoms with E-state index in [1.165, 1.54) is 4.88 Å². The predicted octanol–water partition coefficient (Wildman–Crippen LogP) is 2.76. The highest BCUT2D eigenvalue weighted by atomic mass is 32.1. The topological polar surface area (TPSA) is 59.4 Å². The first-order chi connectivity index (χ1) is 12.2. The third kappa shape index (κ3) is 3.94. The monoisotopic (exact) mass is 360 g/mol. The van der Waals surface area contributed by atoms with Gasteiger partial charge in [0.25, 0.3) is 0 Å². The molecule has 6 nitrogen and oxygen atoms in total. The lowest BCUT2D eigenvalue weighted by atomic mass is 10.2. The first-order valence-electron chi connectivity index (χ1n) is 8.83. The van der Waals surface area contributed by atoms with E-state index in [1.807, 2.05) is 10.9 Å². The molecule has 2 aromatic rings. The molecule has 0 bridgehead atoms. The van der Waals surface area contributed by atoms with Crippen molar-refractivity contribution in [1.29, 1.82) is 0 Å². The number of nitrogens with one attached hydrogen (secondary N) is 1. The van der Waals surface area contributed by atoms with E-state index >= 15 is 0 Å². The minimum Gasteiger partial charge on any atom is -0.383 e. The Bertz CT molecular complexity index is 710.